The molecule has 0 saturated carbocycles. The predicted octanol–water partition coefficient (Wildman–Crippen LogP) is 1.24. The number of hydrogen-bond donors (Lipinski definition) is 1. The number of nitrogens with one attached hydrogen (secondary N) is 1. The highest BCUT2D eigenvalue weighted by molar-refractivity contribution is 7.80. The van der Waals surface area contributed by atoms with Crippen LogP contribution >= 0.6 is 0 Å². The van der Waals surface area contributed by atoms with Crippen molar-refractivity contribution in [2.45, 2.75) is 6.04 Å². The SMILES string of the molecule is CN1C(c2ccccc2)=CC(c2ccccc2)[NH+]1C.COS(=O)(=O)[O-]. The van der Waals surface area contributed by atoms with Crippen LogP contribution in [0.25, 0.3) is 5.70 Å². The normalized spacial score (nSPS) is 19.8. The molecular formula is C18H22N2O4S. The summed E-state index contributed by atoms with van der Waals surface area (Å²) < 4.78 is 31.0. The van der Waals surface area contributed by atoms with Gasteiger partial charge < -0.3 is 4.55 Å². The Balaban J connectivity index is 0.000000326. The van der Waals surface area contributed by atoms with Gasteiger partial charge in [-0.1, -0.05) is 60.7 Å². The molecule has 2 unspecified atom stereocenters. The van der Waals surface area contributed by atoms with E-state index in [0.717, 1.165) is 7.11 Å². The number of benzene rings is 2. The summed E-state index contributed by atoms with van der Waals surface area (Å²) in [7, 11) is 0.758. The van der Waals surface area contributed by atoms with Gasteiger partial charge in [-0.3, -0.25) is 4.18 Å². The molecule has 1 N–H and O–H groups in total. The summed E-state index contributed by atoms with van der Waals surface area (Å²) in [5.74, 6) is 0. The highest BCUT2D eigenvalue weighted by atomic mass is 32.3. The van der Waals surface area contributed by atoms with E-state index in [1.165, 1.54) is 21.8 Å². The Kier molecular flexibility index (Phi) is 6.33. The first-order valence-corrected chi connectivity index (χ1v) is 9.07. The fourth-order valence-corrected chi connectivity index (χ4v) is 2.69. The molecule has 0 aromatic heterocycles. The highest BCUT2D eigenvalue weighted by Crippen LogP contribution is 2.25. The van der Waals surface area contributed by atoms with E-state index in [0.29, 0.717) is 6.04 Å². The van der Waals surface area contributed by atoms with Gasteiger partial charge in [0.05, 0.1) is 26.9 Å². The zero-order valence-electron chi connectivity index (χ0n) is 14.4. The third kappa shape index (κ3) is 5.14. The maximum absolute atomic E-state index is 9.22. The minimum atomic E-state index is -4.41. The summed E-state index contributed by atoms with van der Waals surface area (Å²) in [6.45, 7) is 0. The maximum atomic E-state index is 9.22. The van der Waals surface area contributed by atoms with E-state index in [4.69, 9.17) is 0 Å². The van der Waals surface area contributed by atoms with Crippen LogP contribution in [0.5, 0.6) is 0 Å². The molecule has 2 aromatic rings. The van der Waals surface area contributed by atoms with Gasteiger partial charge in [0.1, 0.15) is 0 Å². The molecule has 25 heavy (non-hydrogen) atoms. The smallest absolute Gasteiger partial charge is 0.217 e. The second kappa shape index (κ2) is 8.26. The van der Waals surface area contributed by atoms with Crippen molar-refractivity contribution in [3.8, 4) is 0 Å². The predicted molar refractivity (Wildman–Crippen MR) is 95.0 cm³/mol. The van der Waals surface area contributed by atoms with Gasteiger partial charge in [-0.05, 0) is 0 Å². The summed E-state index contributed by atoms with van der Waals surface area (Å²) in [6.07, 6.45) is 2.36. The van der Waals surface area contributed by atoms with Crippen molar-refractivity contribution >= 4 is 16.1 Å². The second-order valence-corrected chi connectivity index (χ2v) is 6.73. The van der Waals surface area contributed by atoms with E-state index in [1.54, 1.807) is 0 Å². The average Bonchev–Trinajstić information content (AvgIpc) is 2.92. The molecule has 0 fully saturated rings. The van der Waals surface area contributed by atoms with Gasteiger partial charge in [0.2, 0.25) is 10.4 Å². The van der Waals surface area contributed by atoms with E-state index in [-0.39, 0.29) is 0 Å². The third-order valence-corrected chi connectivity index (χ3v) is 4.51. The molecule has 7 heteroatoms. The van der Waals surface area contributed by atoms with Crippen molar-refractivity contribution < 1.29 is 22.2 Å². The molecule has 0 amide bonds. The largest absolute Gasteiger partial charge is 0.726 e. The Morgan fingerprint density at radius 3 is 2.00 bits per heavy atom. The van der Waals surface area contributed by atoms with Crippen LogP contribution in [-0.4, -0.2) is 39.2 Å². The van der Waals surface area contributed by atoms with Gasteiger partial charge in [-0.25, -0.2) is 18.4 Å². The van der Waals surface area contributed by atoms with E-state index >= 15 is 0 Å². The zero-order valence-corrected chi connectivity index (χ0v) is 15.2. The lowest BCUT2D eigenvalue weighted by molar-refractivity contribution is -1.000. The Labute approximate surface area is 148 Å². The first-order chi connectivity index (χ1) is 11.8. The molecule has 0 spiro atoms. The fourth-order valence-electron chi connectivity index (χ4n) is 2.69. The summed E-state index contributed by atoms with van der Waals surface area (Å²) in [4.78, 5) is 0. The summed E-state index contributed by atoms with van der Waals surface area (Å²) in [5, 5.41) is 3.68. The van der Waals surface area contributed by atoms with Crippen LogP contribution in [0.15, 0.2) is 66.7 Å². The van der Waals surface area contributed by atoms with Gasteiger partial charge in [0.25, 0.3) is 0 Å². The van der Waals surface area contributed by atoms with Gasteiger partial charge >= 0.3 is 0 Å². The van der Waals surface area contributed by atoms with Crippen molar-refractivity contribution in [1.82, 2.24) is 5.01 Å². The van der Waals surface area contributed by atoms with E-state index in [2.05, 4.69) is 90.0 Å². The minimum absolute atomic E-state index is 0.390. The molecule has 3 rings (SSSR count). The molecule has 0 saturated heterocycles. The molecule has 0 bridgehead atoms. The minimum Gasteiger partial charge on any atom is -0.726 e. The number of rotatable bonds is 3. The summed E-state index contributed by atoms with van der Waals surface area (Å²) >= 11 is 0. The summed E-state index contributed by atoms with van der Waals surface area (Å²) in [5.41, 5.74) is 3.94. The van der Waals surface area contributed by atoms with Gasteiger partial charge in [-0.15, -0.1) is 0 Å². The standard InChI is InChI=1S/C17H18N2.CH4O4S/c1-18-16(14-9-5-3-6-10-14)13-17(19(18)2)15-11-7-4-8-12-15;1-5-6(2,3)4/h3-13,16H,1-2H3;1H3,(H,2,3,4). The maximum Gasteiger partial charge on any atom is 0.217 e. The van der Waals surface area contributed by atoms with Gasteiger partial charge in [0, 0.05) is 17.2 Å². The lowest BCUT2D eigenvalue weighted by Gasteiger charge is -2.25. The van der Waals surface area contributed by atoms with Crippen LogP contribution in [-0.2, 0) is 14.6 Å². The quantitative estimate of drug-likeness (QED) is 0.657. The van der Waals surface area contributed by atoms with E-state index in [9.17, 15) is 13.0 Å². The molecular weight excluding hydrogens is 340 g/mol. The number of hydrogen-bond acceptors (Lipinski definition) is 5. The molecule has 1 heterocycles. The Morgan fingerprint density at radius 2 is 1.52 bits per heavy atom. The summed E-state index contributed by atoms with van der Waals surface area (Å²) in [6, 6.07) is 21.7. The van der Waals surface area contributed by atoms with Crippen molar-refractivity contribution in [3.63, 3.8) is 0 Å². The van der Waals surface area contributed by atoms with Crippen LogP contribution in [0.2, 0.25) is 0 Å². The first kappa shape index (κ1) is 19.1. The fraction of sp³-hybridized carbons (Fsp3) is 0.222. The molecule has 6 nitrogen and oxygen atoms in total. The van der Waals surface area contributed by atoms with Crippen LogP contribution in [0.4, 0.5) is 0 Å². The Morgan fingerprint density at radius 1 is 1.04 bits per heavy atom. The first-order valence-electron chi connectivity index (χ1n) is 7.74. The lowest BCUT2D eigenvalue weighted by atomic mass is 10.1. The van der Waals surface area contributed by atoms with Crippen LogP contribution < -0.4 is 5.01 Å². The van der Waals surface area contributed by atoms with E-state index < -0.39 is 10.4 Å². The molecule has 1 aliphatic rings. The Bertz CT molecular complexity index is 807. The number of quaternary nitrogens is 1. The molecule has 0 radical (unpaired) electrons. The van der Waals surface area contributed by atoms with Gasteiger partial charge in [-0.2, -0.15) is 0 Å². The number of likely N-dealkylation sites (N-methyl/N-ethyl adjacent to an activating group) is 1. The topological polar surface area (TPSA) is 74.1 Å². The van der Waals surface area contributed by atoms with Crippen molar-refractivity contribution in [3.05, 3.63) is 77.9 Å². The molecule has 2 atom stereocenters. The molecule has 1 aliphatic heterocycles. The van der Waals surface area contributed by atoms with Crippen LogP contribution in [0, 0.1) is 0 Å². The van der Waals surface area contributed by atoms with Gasteiger partial charge in [0.15, 0.2) is 6.04 Å². The number of nitrogens with zero attached hydrogens (tertiary/aromatic N) is 1. The second-order valence-electron chi connectivity index (χ2n) is 5.58. The average molecular weight is 362 g/mol. The van der Waals surface area contributed by atoms with E-state index in [1.807, 2.05) is 0 Å². The lowest BCUT2D eigenvalue weighted by Crippen LogP contribution is -3.13. The highest BCUT2D eigenvalue weighted by Gasteiger charge is 2.32. The van der Waals surface area contributed by atoms with Crippen molar-refractivity contribution in [1.29, 1.82) is 0 Å². The molecule has 0 aliphatic carbocycles. The molecule has 2 aromatic carbocycles. The zero-order chi connectivity index (χ0) is 18.4. The Hall–Kier alpha value is -2.19. The third-order valence-electron chi connectivity index (χ3n) is 4.10. The molecule has 134 valence electrons. The van der Waals surface area contributed by atoms with Crippen LogP contribution in [0.3, 0.4) is 0 Å². The van der Waals surface area contributed by atoms with Crippen molar-refractivity contribution in [2.24, 2.45) is 0 Å². The van der Waals surface area contributed by atoms with Crippen LogP contribution in [0.1, 0.15) is 17.2 Å². The van der Waals surface area contributed by atoms with Crippen molar-refractivity contribution in [2.75, 3.05) is 21.2 Å². The monoisotopic (exact) mass is 362 g/mol.